The molecular weight excluding hydrogens is 164 g/mol. The molecule has 1 atom stereocenters. The van der Waals surface area contributed by atoms with Crippen molar-refractivity contribution in [1.82, 2.24) is 0 Å². The van der Waals surface area contributed by atoms with Crippen molar-refractivity contribution in [3.63, 3.8) is 0 Å². The Hall–Kier alpha value is -0.340. The van der Waals surface area contributed by atoms with Crippen molar-refractivity contribution in [2.24, 2.45) is 10.8 Å². The first-order chi connectivity index (χ1) is 5.69. The van der Waals surface area contributed by atoms with E-state index in [0.29, 0.717) is 0 Å². The average Bonchev–Trinajstić information content (AvgIpc) is 2.10. The van der Waals surface area contributed by atoms with Crippen LogP contribution in [-0.4, -0.2) is 10.9 Å². The Balaban J connectivity index is 3.24. The predicted molar refractivity (Wildman–Crippen MR) is 53.4 cm³/mol. The fraction of sp³-hybridized carbons (Fsp3) is 0.818. The minimum Gasteiger partial charge on any atom is -0.251 e. The van der Waals surface area contributed by atoms with E-state index in [9.17, 15) is 0 Å². The fourth-order valence-electron chi connectivity index (χ4n) is 2.15. The second-order valence-corrected chi connectivity index (χ2v) is 5.30. The Bertz CT molecular complexity index is 251. The fourth-order valence-corrected chi connectivity index (χ4v) is 2.15. The lowest BCUT2D eigenvalue weighted by atomic mass is 9.64. The van der Waals surface area contributed by atoms with Crippen LogP contribution in [0.1, 0.15) is 41.5 Å². The molecule has 0 aromatic rings. The van der Waals surface area contributed by atoms with E-state index < -0.39 is 5.60 Å². The summed E-state index contributed by atoms with van der Waals surface area (Å²) in [6.07, 6.45) is 2.18. The van der Waals surface area contributed by atoms with Gasteiger partial charge < -0.3 is 0 Å². The first-order valence-electron chi connectivity index (χ1n) is 4.71. The van der Waals surface area contributed by atoms with E-state index >= 15 is 0 Å². The molecule has 2 nitrogen and oxygen atoms in total. The summed E-state index contributed by atoms with van der Waals surface area (Å²) in [4.78, 5) is 4.69. The van der Waals surface area contributed by atoms with E-state index in [1.54, 1.807) is 0 Å². The van der Waals surface area contributed by atoms with Gasteiger partial charge in [0.2, 0.25) is 0 Å². The molecule has 13 heavy (non-hydrogen) atoms. The third-order valence-corrected chi connectivity index (χ3v) is 4.32. The second kappa shape index (κ2) is 2.58. The zero-order valence-corrected chi connectivity index (χ0v) is 9.43. The van der Waals surface area contributed by atoms with Gasteiger partial charge in [-0.1, -0.05) is 33.8 Å². The quantitative estimate of drug-likeness (QED) is 0.385. The van der Waals surface area contributed by atoms with Crippen LogP contribution in [0.4, 0.5) is 0 Å². The maximum absolute atomic E-state index is 9.02. The molecule has 2 heteroatoms. The molecule has 1 aliphatic carbocycles. The third kappa shape index (κ3) is 1.09. The molecule has 0 saturated heterocycles. The molecule has 0 radical (unpaired) electrons. The Morgan fingerprint density at radius 2 is 1.62 bits per heavy atom. The Morgan fingerprint density at radius 1 is 1.15 bits per heavy atom. The van der Waals surface area contributed by atoms with E-state index in [1.807, 2.05) is 13.8 Å². The summed E-state index contributed by atoms with van der Waals surface area (Å²) in [5.41, 5.74) is 0.495. The first kappa shape index (κ1) is 10.7. The monoisotopic (exact) mass is 184 g/mol. The summed E-state index contributed by atoms with van der Waals surface area (Å²) in [5.74, 6) is 0. The zero-order chi connectivity index (χ0) is 10.5. The van der Waals surface area contributed by atoms with Crippen molar-refractivity contribution in [2.45, 2.75) is 47.1 Å². The van der Waals surface area contributed by atoms with Crippen LogP contribution in [0.3, 0.4) is 0 Å². The Labute approximate surface area is 80.5 Å². The molecule has 1 unspecified atom stereocenters. The topological polar surface area (TPSA) is 29.5 Å². The minimum absolute atomic E-state index is 0.0502. The predicted octanol–water partition coefficient (Wildman–Crippen LogP) is 3.25. The highest BCUT2D eigenvalue weighted by Crippen LogP contribution is 2.57. The van der Waals surface area contributed by atoms with Gasteiger partial charge in [0.25, 0.3) is 0 Å². The van der Waals surface area contributed by atoms with Crippen molar-refractivity contribution in [1.29, 1.82) is 0 Å². The van der Waals surface area contributed by atoms with Gasteiger partial charge in [0.1, 0.15) is 5.60 Å². The van der Waals surface area contributed by atoms with Crippen LogP contribution in [0.2, 0.25) is 0 Å². The summed E-state index contributed by atoms with van der Waals surface area (Å²) in [7, 11) is 0. The molecule has 0 amide bonds. The molecule has 0 bridgehead atoms. The van der Waals surface area contributed by atoms with Gasteiger partial charge >= 0.3 is 0 Å². The summed E-state index contributed by atoms with van der Waals surface area (Å²) < 4.78 is 0. The Morgan fingerprint density at radius 3 is 1.77 bits per heavy atom. The van der Waals surface area contributed by atoms with Crippen LogP contribution in [0.25, 0.3) is 0 Å². The Kier molecular flexibility index (Phi) is 2.13. The minimum atomic E-state index is -0.559. The molecule has 0 aromatic heterocycles. The zero-order valence-electron chi connectivity index (χ0n) is 9.43. The normalized spacial score (nSPS) is 36.1. The maximum atomic E-state index is 9.02. The lowest BCUT2D eigenvalue weighted by Crippen LogP contribution is -2.47. The van der Waals surface area contributed by atoms with Crippen LogP contribution in [0.5, 0.6) is 0 Å². The molecule has 0 heterocycles. The maximum Gasteiger partial charge on any atom is 0.127 e. The lowest BCUT2D eigenvalue weighted by molar-refractivity contribution is -0.335. The third-order valence-electron chi connectivity index (χ3n) is 4.32. The molecule has 0 aliphatic heterocycles. The molecule has 1 aliphatic rings. The molecule has 0 fully saturated rings. The highest BCUT2D eigenvalue weighted by atomic mass is 17.1. The van der Waals surface area contributed by atoms with Crippen molar-refractivity contribution in [3.8, 4) is 0 Å². The van der Waals surface area contributed by atoms with Gasteiger partial charge in [-0.15, -0.1) is 0 Å². The molecule has 0 aromatic carbocycles. The largest absolute Gasteiger partial charge is 0.251 e. The van der Waals surface area contributed by atoms with Crippen LogP contribution in [0.15, 0.2) is 11.6 Å². The molecule has 0 saturated carbocycles. The van der Waals surface area contributed by atoms with E-state index in [2.05, 4.69) is 33.8 Å². The number of hydrogen-bond acceptors (Lipinski definition) is 2. The molecule has 1 rings (SSSR count). The summed E-state index contributed by atoms with van der Waals surface area (Å²) >= 11 is 0. The lowest BCUT2D eigenvalue weighted by Gasteiger charge is -2.44. The van der Waals surface area contributed by atoms with Gasteiger partial charge in [-0.05, 0) is 24.8 Å². The standard InChI is InChI=1S/C11H20O2/c1-8-7-9(2,3)10(4,5)11(8,6)13-12/h7,12H,1-6H3. The van der Waals surface area contributed by atoms with E-state index in [0.717, 1.165) is 5.57 Å². The first-order valence-corrected chi connectivity index (χ1v) is 4.71. The second-order valence-electron chi connectivity index (χ2n) is 5.30. The van der Waals surface area contributed by atoms with Crippen LogP contribution < -0.4 is 0 Å². The van der Waals surface area contributed by atoms with Crippen LogP contribution in [0, 0.1) is 10.8 Å². The summed E-state index contributed by atoms with van der Waals surface area (Å²) in [6.45, 7) is 12.5. The number of rotatable bonds is 1. The van der Waals surface area contributed by atoms with Crippen LogP contribution >= 0.6 is 0 Å². The van der Waals surface area contributed by atoms with Crippen molar-refractivity contribution < 1.29 is 10.1 Å². The van der Waals surface area contributed by atoms with E-state index in [-0.39, 0.29) is 10.8 Å². The van der Waals surface area contributed by atoms with Gasteiger partial charge in [-0.3, -0.25) is 5.26 Å². The highest BCUT2D eigenvalue weighted by molar-refractivity contribution is 5.31. The molecule has 1 N–H and O–H groups in total. The van der Waals surface area contributed by atoms with E-state index in [1.165, 1.54) is 0 Å². The SMILES string of the molecule is CC1=CC(C)(C)C(C)(C)C1(C)OO. The van der Waals surface area contributed by atoms with Crippen LogP contribution in [-0.2, 0) is 4.89 Å². The number of allylic oxidation sites excluding steroid dienone is 1. The van der Waals surface area contributed by atoms with Crippen molar-refractivity contribution >= 4 is 0 Å². The van der Waals surface area contributed by atoms with Gasteiger partial charge in [0.05, 0.1) is 0 Å². The smallest absolute Gasteiger partial charge is 0.127 e. The molecular formula is C11H20O2. The van der Waals surface area contributed by atoms with Crippen molar-refractivity contribution in [2.75, 3.05) is 0 Å². The van der Waals surface area contributed by atoms with Gasteiger partial charge in [-0.25, -0.2) is 4.89 Å². The van der Waals surface area contributed by atoms with Crippen molar-refractivity contribution in [3.05, 3.63) is 11.6 Å². The summed E-state index contributed by atoms with van der Waals surface area (Å²) in [5, 5.41) is 9.02. The summed E-state index contributed by atoms with van der Waals surface area (Å²) in [6, 6.07) is 0. The average molecular weight is 184 g/mol. The molecule has 0 spiro atoms. The number of hydrogen-bond donors (Lipinski definition) is 1. The van der Waals surface area contributed by atoms with Gasteiger partial charge in [0.15, 0.2) is 0 Å². The highest BCUT2D eigenvalue weighted by Gasteiger charge is 2.57. The van der Waals surface area contributed by atoms with Gasteiger partial charge in [-0.2, -0.15) is 0 Å². The van der Waals surface area contributed by atoms with Gasteiger partial charge in [0, 0.05) is 5.41 Å². The molecule has 76 valence electrons. The van der Waals surface area contributed by atoms with E-state index in [4.69, 9.17) is 10.1 Å².